The van der Waals surface area contributed by atoms with E-state index in [0.717, 1.165) is 48.3 Å². The molecule has 1 aromatic heterocycles. The summed E-state index contributed by atoms with van der Waals surface area (Å²) < 4.78 is 7.64. The van der Waals surface area contributed by atoms with Gasteiger partial charge in [0.1, 0.15) is 11.6 Å². The molecule has 1 saturated heterocycles. The Morgan fingerprint density at radius 3 is 2.45 bits per heavy atom. The normalized spacial score (nSPS) is 13.9. The maximum absolute atomic E-state index is 12.7. The fourth-order valence-electron chi connectivity index (χ4n) is 3.77. The monoisotopic (exact) mass is 436 g/mol. The summed E-state index contributed by atoms with van der Waals surface area (Å²) in [7, 11) is 0. The van der Waals surface area contributed by atoms with E-state index in [9.17, 15) is 4.79 Å². The molecule has 1 amide bonds. The summed E-state index contributed by atoms with van der Waals surface area (Å²) >= 11 is 1.46. The maximum atomic E-state index is 12.7. The highest BCUT2D eigenvalue weighted by Gasteiger charge is 2.20. The Bertz CT molecular complexity index is 983. The molecule has 162 valence electrons. The van der Waals surface area contributed by atoms with Crippen molar-refractivity contribution in [2.24, 2.45) is 0 Å². The maximum Gasteiger partial charge on any atom is 0.233 e. The van der Waals surface area contributed by atoms with E-state index in [1.807, 2.05) is 54.3 Å². The molecule has 0 unspecified atom stereocenters. The van der Waals surface area contributed by atoms with Gasteiger partial charge in [-0.1, -0.05) is 42.1 Å². The Labute approximate surface area is 187 Å². The van der Waals surface area contributed by atoms with E-state index in [4.69, 9.17) is 4.74 Å². The van der Waals surface area contributed by atoms with Gasteiger partial charge in [-0.3, -0.25) is 9.36 Å². The molecule has 0 N–H and O–H groups in total. The van der Waals surface area contributed by atoms with Crippen LogP contribution in [0.4, 0.5) is 0 Å². The molecule has 0 atom stereocenters. The van der Waals surface area contributed by atoms with Crippen LogP contribution in [0.3, 0.4) is 0 Å². The number of aromatic nitrogens is 3. The average molecular weight is 437 g/mol. The van der Waals surface area contributed by atoms with Gasteiger partial charge in [0.15, 0.2) is 5.16 Å². The third kappa shape index (κ3) is 5.47. The number of likely N-dealkylation sites (tertiary alicyclic amines) is 1. The van der Waals surface area contributed by atoms with Crippen molar-refractivity contribution in [2.45, 2.75) is 37.8 Å². The summed E-state index contributed by atoms with van der Waals surface area (Å²) in [5, 5.41) is 9.65. The summed E-state index contributed by atoms with van der Waals surface area (Å²) in [6, 6.07) is 18.2. The topological polar surface area (TPSA) is 60.2 Å². The molecular formula is C24H28N4O2S. The molecule has 31 heavy (non-hydrogen) atoms. The molecule has 0 radical (unpaired) electrons. The number of thioether (sulfide) groups is 1. The number of nitrogens with zero attached hydrogens (tertiary/aromatic N) is 4. The van der Waals surface area contributed by atoms with Crippen molar-refractivity contribution in [3.8, 4) is 11.4 Å². The first-order valence-corrected chi connectivity index (χ1v) is 11.8. The Morgan fingerprint density at radius 2 is 1.74 bits per heavy atom. The Morgan fingerprint density at radius 1 is 1.00 bits per heavy atom. The number of amides is 1. The zero-order valence-corrected chi connectivity index (χ0v) is 18.7. The van der Waals surface area contributed by atoms with Crippen LogP contribution in [0.1, 0.15) is 37.6 Å². The van der Waals surface area contributed by atoms with E-state index >= 15 is 0 Å². The second-order valence-corrected chi connectivity index (χ2v) is 8.50. The molecule has 0 spiro atoms. The van der Waals surface area contributed by atoms with Gasteiger partial charge in [-0.25, -0.2) is 0 Å². The number of hydrogen-bond acceptors (Lipinski definition) is 5. The lowest BCUT2D eigenvalue weighted by molar-refractivity contribution is -0.129. The standard InChI is InChI=1S/C24H28N4O2S/c1-2-30-21-13-11-20(12-14-21)28-22(17-19-9-5-3-6-10-19)25-26-24(28)31-18-23(29)27-15-7-4-8-16-27/h3,5-6,9-14H,2,4,7-8,15-18H2,1H3. The number of carbonyl (C=O) groups excluding carboxylic acids is 1. The van der Waals surface area contributed by atoms with Gasteiger partial charge in [-0.15, -0.1) is 10.2 Å². The SMILES string of the molecule is CCOc1ccc(-n2c(Cc3ccccc3)nnc2SCC(=O)N2CCCCC2)cc1. The first kappa shape index (κ1) is 21.4. The molecule has 3 aromatic rings. The van der Waals surface area contributed by atoms with Crippen LogP contribution in [0, 0.1) is 0 Å². The zero-order valence-electron chi connectivity index (χ0n) is 17.9. The summed E-state index contributed by atoms with van der Waals surface area (Å²) in [5.74, 6) is 2.23. The first-order chi connectivity index (χ1) is 15.2. The van der Waals surface area contributed by atoms with Crippen molar-refractivity contribution in [1.29, 1.82) is 0 Å². The van der Waals surface area contributed by atoms with Gasteiger partial charge in [0.05, 0.1) is 12.4 Å². The lowest BCUT2D eigenvalue weighted by atomic mass is 10.1. The molecule has 7 heteroatoms. The molecule has 4 rings (SSSR count). The van der Waals surface area contributed by atoms with Crippen molar-refractivity contribution in [3.63, 3.8) is 0 Å². The molecule has 1 aliphatic heterocycles. The highest BCUT2D eigenvalue weighted by atomic mass is 32.2. The summed E-state index contributed by atoms with van der Waals surface area (Å²) in [5.41, 5.74) is 2.13. The zero-order chi connectivity index (χ0) is 21.5. The van der Waals surface area contributed by atoms with Crippen molar-refractivity contribution < 1.29 is 9.53 Å². The highest BCUT2D eigenvalue weighted by molar-refractivity contribution is 7.99. The van der Waals surface area contributed by atoms with Crippen LogP contribution in [0.15, 0.2) is 59.8 Å². The number of hydrogen-bond donors (Lipinski definition) is 0. The summed E-state index contributed by atoms with van der Waals surface area (Å²) in [4.78, 5) is 14.6. The molecule has 1 fully saturated rings. The van der Waals surface area contributed by atoms with Crippen LogP contribution in [-0.2, 0) is 11.2 Å². The van der Waals surface area contributed by atoms with E-state index < -0.39 is 0 Å². The molecule has 0 aliphatic carbocycles. The molecule has 2 heterocycles. The third-order valence-corrected chi connectivity index (χ3v) is 6.26. The fourth-order valence-corrected chi connectivity index (χ4v) is 4.64. The van der Waals surface area contributed by atoms with Crippen LogP contribution in [0.2, 0.25) is 0 Å². The second-order valence-electron chi connectivity index (χ2n) is 7.55. The summed E-state index contributed by atoms with van der Waals surface area (Å²) in [6.45, 7) is 4.33. The van der Waals surface area contributed by atoms with Crippen molar-refractivity contribution >= 4 is 17.7 Å². The van der Waals surface area contributed by atoms with Crippen LogP contribution < -0.4 is 4.74 Å². The van der Waals surface area contributed by atoms with Gasteiger partial charge in [-0.05, 0) is 56.0 Å². The second kappa shape index (κ2) is 10.5. The fraction of sp³-hybridized carbons (Fsp3) is 0.375. The minimum absolute atomic E-state index is 0.176. The first-order valence-electron chi connectivity index (χ1n) is 10.9. The average Bonchev–Trinajstić information content (AvgIpc) is 3.21. The molecular weight excluding hydrogens is 408 g/mol. The molecule has 1 aliphatic rings. The molecule has 0 saturated carbocycles. The summed E-state index contributed by atoms with van der Waals surface area (Å²) in [6.07, 6.45) is 4.08. The smallest absolute Gasteiger partial charge is 0.233 e. The van der Waals surface area contributed by atoms with E-state index in [0.29, 0.717) is 18.8 Å². The highest BCUT2D eigenvalue weighted by Crippen LogP contribution is 2.26. The van der Waals surface area contributed by atoms with E-state index in [2.05, 4.69) is 26.9 Å². The lowest BCUT2D eigenvalue weighted by Gasteiger charge is -2.26. The molecule has 2 aromatic carbocycles. The minimum atomic E-state index is 0.176. The van der Waals surface area contributed by atoms with Crippen molar-refractivity contribution in [2.75, 3.05) is 25.4 Å². The number of benzene rings is 2. The van der Waals surface area contributed by atoms with Crippen LogP contribution in [0.5, 0.6) is 5.75 Å². The van der Waals surface area contributed by atoms with Gasteiger partial charge in [-0.2, -0.15) is 0 Å². The quantitative estimate of drug-likeness (QED) is 0.491. The third-order valence-electron chi connectivity index (χ3n) is 5.34. The van der Waals surface area contributed by atoms with E-state index in [1.54, 1.807) is 0 Å². The lowest BCUT2D eigenvalue weighted by Crippen LogP contribution is -2.36. The Hall–Kier alpha value is -2.80. The van der Waals surface area contributed by atoms with Gasteiger partial charge in [0.2, 0.25) is 5.91 Å². The van der Waals surface area contributed by atoms with Crippen LogP contribution in [0.25, 0.3) is 5.69 Å². The Balaban J connectivity index is 1.57. The molecule has 0 bridgehead atoms. The van der Waals surface area contributed by atoms with Crippen molar-refractivity contribution in [3.05, 3.63) is 66.0 Å². The Kier molecular flexibility index (Phi) is 7.25. The molecule has 6 nitrogen and oxygen atoms in total. The van der Waals surface area contributed by atoms with E-state index in [1.165, 1.54) is 23.7 Å². The number of carbonyl (C=O) groups is 1. The van der Waals surface area contributed by atoms with E-state index in [-0.39, 0.29) is 5.91 Å². The number of rotatable bonds is 8. The largest absolute Gasteiger partial charge is 0.494 e. The van der Waals surface area contributed by atoms with Crippen molar-refractivity contribution in [1.82, 2.24) is 19.7 Å². The van der Waals surface area contributed by atoms with Gasteiger partial charge < -0.3 is 9.64 Å². The number of piperidine rings is 1. The van der Waals surface area contributed by atoms with Gasteiger partial charge in [0.25, 0.3) is 0 Å². The van der Waals surface area contributed by atoms with Gasteiger partial charge in [0, 0.05) is 25.2 Å². The van der Waals surface area contributed by atoms with Crippen LogP contribution in [-0.4, -0.2) is 51.0 Å². The minimum Gasteiger partial charge on any atom is -0.494 e. The predicted octanol–water partition coefficient (Wildman–Crippen LogP) is 4.36. The van der Waals surface area contributed by atoms with Gasteiger partial charge >= 0.3 is 0 Å². The predicted molar refractivity (Wildman–Crippen MR) is 123 cm³/mol. The number of ether oxygens (including phenoxy) is 1. The van der Waals surface area contributed by atoms with Crippen LogP contribution >= 0.6 is 11.8 Å².